The van der Waals surface area contributed by atoms with Crippen molar-refractivity contribution in [2.75, 3.05) is 7.05 Å². The van der Waals surface area contributed by atoms with Gasteiger partial charge in [0.2, 0.25) is 0 Å². The fourth-order valence-electron chi connectivity index (χ4n) is 0.110. The van der Waals surface area contributed by atoms with Crippen molar-refractivity contribution in [2.24, 2.45) is 4.99 Å². The van der Waals surface area contributed by atoms with Crippen LogP contribution in [0.4, 0.5) is 0 Å². The maximum Gasteiger partial charge on any atom is 0.346 e. The lowest BCUT2D eigenvalue weighted by molar-refractivity contribution is -0.134. The van der Waals surface area contributed by atoms with Crippen LogP contribution in [0.1, 0.15) is 6.92 Å². The molecule has 0 aliphatic rings. The summed E-state index contributed by atoms with van der Waals surface area (Å²) in [5, 5.41) is 15.2. The lowest BCUT2D eigenvalue weighted by Crippen LogP contribution is -1.93. The Labute approximate surface area is 58.0 Å². The summed E-state index contributed by atoms with van der Waals surface area (Å²) in [6.07, 6.45) is 0.833. The quantitative estimate of drug-likeness (QED) is 0.505. The van der Waals surface area contributed by atoms with E-state index in [4.69, 9.17) is 15.0 Å². The summed E-state index contributed by atoms with van der Waals surface area (Å²) in [6.45, 7) is 1.08. The highest BCUT2D eigenvalue weighted by Gasteiger charge is 1.78. The molecule has 0 radical (unpaired) electrons. The van der Waals surface area contributed by atoms with Crippen molar-refractivity contribution in [3.05, 3.63) is 0 Å². The highest BCUT2D eigenvalue weighted by molar-refractivity contribution is 6.21. The van der Waals surface area contributed by atoms with E-state index in [0.717, 1.165) is 13.1 Å². The zero-order valence-corrected chi connectivity index (χ0v) is 5.74. The van der Waals surface area contributed by atoms with E-state index in [2.05, 4.69) is 4.99 Å². The standard InChI is InChI=1S/C3H5NO2.C2H4O2/c1-4-2-3(5)6;1-2(3)4/h2H,1H3,(H,5,6);1H3,(H,3,4). The Morgan fingerprint density at radius 3 is 1.70 bits per heavy atom. The molecule has 0 heterocycles. The molecule has 5 nitrogen and oxygen atoms in total. The third-order valence-electron chi connectivity index (χ3n) is 0.240. The topological polar surface area (TPSA) is 87.0 Å². The molecule has 0 aromatic heterocycles. The molecule has 5 heteroatoms. The maximum atomic E-state index is 9.45. The smallest absolute Gasteiger partial charge is 0.346 e. The monoisotopic (exact) mass is 147 g/mol. The predicted molar refractivity (Wildman–Crippen MR) is 35.4 cm³/mol. The Kier molecular flexibility index (Phi) is 8.68. The number of aliphatic imine (C=N–C) groups is 1. The van der Waals surface area contributed by atoms with E-state index in [1.54, 1.807) is 0 Å². The van der Waals surface area contributed by atoms with E-state index >= 15 is 0 Å². The number of rotatable bonds is 1. The average molecular weight is 147 g/mol. The van der Waals surface area contributed by atoms with Gasteiger partial charge in [-0.2, -0.15) is 0 Å². The molecule has 0 atom stereocenters. The second kappa shape index (κ2) is 7.61. The summed E-state index contributed by atoms with van der Waals surface area (Å²) in [4.78, 5) is 21.7. The predicted octanol–water partition coefficient (Wildman–Crippen LogP) is -0.138. The van der Waals surface area contributed by atoms with E-state index in [1.807, 2.05) is 0 Å². The first-order valence-electron chi connectivity index (χ1n) is 2.35. The zero-order chi connectivity index (χ0) is 8.57. The van der Waals surface area contributed by atoms with Gasteiger partial charge in [-0.05, 0) is 0 Å². The Hall–Kier alpha value is -1.39. The number of aliphatic carboxylic acids is 2. The molecular weight excluding hydrogens is 138 g/mol. The van der Waals surface area contributed by atoms with Gasteiger partial charge in [0.1, 0.15) is 6.21 Å². The van der Waals surface area contributed by atoms with Crippen LogP contribution in [-0.2, 0) is 9.59 Å². The molecule has 0 saturated heterocycles. The van der Waals surface area contributed by atoms with Gasteiger partial charge in [-0.25, -0.2) is 4.79 Å². The molecule has 0 aromatic carbocycles. The Balaban J connectivity index is 0. The number of carbonyl (C=O) groups is 2. The minimum Gasteiger partial charge on any atom is -0.481 e. The van der Waals surface area contributed by atoms with E-state index in [0.29, 0.717) is 0 Å². The summed E-state index contributed by atoms with van der Waals surface area (Å²) in [7, 11) is 1.41. The van der Waals surface area contributed by atoms with Crippen LogP contribution in [0.15, 0.2) is 4.99 Å². The molecule has 0 unspecified atom stereocenters. The van der Waals surface area contributed by atoms with E-state index in [1.165, 1.54) is 7.05 Å². The van der Waals surface area contributed by atoms with Crippen LogP contribution in [0.2, 0.25) is 0 Å². The molecule has 0 spiro atoms. The first-order valence-corrected chi connectivity index (χ1v) is 2.35. The van der Waals surface area contributed by atoms with Gasteiger partial charge in [-0.3, -0.25) is 9.79 Å². The van der Waals surface area contributed by atoms with Crippen molar-refractivity contribution < 1.29 is 19.8 Å². The van der Waals surface area contributed by atoms with Crippen LogP contribution < -0.4 is 0 Å². The van der Waals surface area contributed by atoms with Crippen molar-refractivity contribution in [1.82, 2.24) is 0 Å². The number of carboxylic acid groups (broad SMARTS) is 2. The van der Waals surface area contributed by atoms with Crippen LogP contribution in [0, 0.1) is 0 Å². The van der Waals surface area contributed by atoms with Crippen LogP contribution in [0.5, 0.6) is 0 Å². The van der Waals surface area contributed by atoms with Gasteiger partial charge in [-0.1, -0.05) is 0 Å². The van der Waals surface area contributed by atoms with Crippen molar-refractivity contribution in [3.8, 4) is 0 Å². The molecule has 10 heavy (non-hydrogen) atoms. The maximum absolute atomic E-state index is 9.45. The summed E-state index contributed by atoms with van der Waals surface area (Å²) in [6, 6.07) is 0. The van der Waals surface area contributed by atoms with Gasteiger partial charge in [0.05, 0.1) is 0 Å². The van der Waals surface area contributed by atoms with Crippen molar-refractivity contribution in [1.29, 1.82) is 0 Å². The molecule has 2 N–H and O–H groups in total. The van der Waals surface area contributed by atoms with Gasteiger partial charge >= 0.3 is 5.97 Å². The van der Waals surface area contributed by atoms with Crippen molar-refractivity contribution in [2.45, 2.75) is 6.92 Å². The summed E-state index contributed by atoms with van der Waals surface area (Å²) >= 11 is 0. The molecule has 0 aliphatic carbocycles. The van der Waals surface area contributed by atoms with Crippen LogP contribution in [0.3, 0.4) is 0 Å². The molecule has 0 saturated carbocycles. The highest BCUT2D eigenvalue weighted by atomic mass is 16.4. The summed E-state index contributed by atoms with van der Waals surface area (Å²) in [5.74, 6) is -1.84. The fraction of sp³-hybridized carbons (Fsp3) is 0.400. The average Bonchev–Trinajstić information content (AvgIpc) is 1.62. The molecule has 0 amide bonds. The highest BCUT2D eigenvalue weighted by Crippen LogP contribution is 1.50. The molecule has 0 bridgehead atoms. The van der Waals surface area contributed by atoms with Crippen molar-refractivity contribution >= 4 is 18.2 Å². The van der Waals surface area contributed by atoms with Crippen LogP contribution in [-0.4, -0.2) is 35.4 Å². The summed E-state index contributed by atoms with van der Waals surface area (Å²) < 4.78 is 0. The molecule has 0 fully saturated rings. The van der Waals surface area contributed by atoms with Gasteiger partial charge < -0.3 is 10.2 Å². The van der Waals surface area contributed by atoms with Gasteiger partial charge in [0, 0.05) is 14.0 Å². The van der Waals surface area contributed by atoms with E-state index in [-0.39, 0.29) is 0 Å². The Morgan fingerprint density at radius 2 is 1.70 bits per heavy atom. The molecule has 0 rings (SSSR count). The SMILES string of the molecule is CC(=O)O.CN=CC(=O)O. The summed E-state index contributed by atoms with van der Waals surface area (Å²) in [5.41, 5.74) is 0. The van der Waals surface area contributed by atoms with Gasteiger partial charge in [-0.15, -0.1) is 0 Å². The number of hydrogen-bond acceptors (Lipinski definition) is 3. The normalized spacial score (nSPS) is 8.20. The molecule has 58 valence electrons. The first-order chi connectivity index (χ1) is 4.50. The largest absolute Gasteiger partial charge is 0.481 e. The minimum atomic E-state index is -1.00. The lowest BCUT2D eigenvalue weighted by atomic mass is 10.8. The van der Waals surface area contributed by atoms with E-state index in [9.17, 15) is 4.79 Å². The second-order valence-electron chi connectivity index (χ2n) is 1.24. The number of carboxylic acids is 2. The number of nitrogens with zero attached hydrogens (tertiary/aromatic N) is 1. The third-order valence-corrected chi connectivity index (χ3v) is 0.240. The van der Waals surface area contributed by atoms with Crippen molar-refractivity contribution in [3.63, 3.8) is 0 Å². The second-order valence-corrected chi connectivity index (χ2v) is 1.24. The van der Waals surface area contributed by atoms with Crippen LogP contribution in [0.25, 0.3) is 0 Å². The van der Waals surface area contributed by atoms with Gasteiger partial charge in [0.15, 0.2) is 0 Å². The zero-order valence-electron chi connectivity index (χ0n) is 5.74. The number of hydrogen-bond donors (Lipinski definition) is 2. The Bertz CT molecular complexity index is 137. The Morgan fingerprint density at radius 1 is 1.40 bits per heavy atom. The fourth-order valence-corrected chi connectivity index (χ4v) is 0.110. The minimum absolute atomic E-state index is 0.833. The van der Waals surface area contributed by atoms with Gasteiger partial charge in [0.25, 0.3) is 5.97 Å². The first kappa shape index (κ1) is 11.4. The van der Waals surface area contributed by atoms with Crippen LogP contribution >= 0.6 is 0 Å². The third kappa shape index (κ3) is 80.3. The molecular formula is C5H9NO4. The molecule has 0 aliphatic heterocycles. The lowest BCUT2D eigenvalue weighted by Gasteiger charge is -1.68. The van der Waals surface area contributed by atoms with E-state index < -0.39 is 11.9 Å². The molecule has 0 aromatic rings.